The zero-order valence-electron chi connectivity index (χ0n) is 21.4. The third-order valence-corrected chi connectivity index (χ3v) is 8.36. The minimum atomic E-state index is -0.414. The maximum atomic E-state index is 11.0. The second-order valence-corrected chi connectivity index (χ2v) is 12.2. The molecule has 1 aliphatic carbocycles. The molecule has 37 heavy (non-hydrogen) atoms. The predicted molar refractivity (Wildman–Crippen MR) is 155 cm³/mol. The topological polar surface area (TPSA) is 40.5 Å². The van der Waals surface area contributed by atoms with E-state index in [1.54, 1.807) is 0 Å². The number of hydrogen-bond donors (Lipinski definition) is 2. The average molecular weight is 532 g/mol. The number of hydrogen-bond acceptors (Lipinski definition) is 2. The van der Waals surface area contributed by atoms with Crippen molar-refractivity contribution in [1.82, 2.24) is 0 Å². The smallest absolute Gasteiger partial charge is 0.142 e. The van der Waals surface area contributed by atoms with E-state index in [1.807, 2.05) is 72.8 Å². The van der Waals surface area contributed by atoms with Gasteiger partial charge in [0.25, 0.3) is 0 Å². The molecular formula is C33H32Cl2O2. The van der Waals surface area contributed by atoms with Gasteiger partial charge in [-0.3, -0.25) is 0 Å². The molecule has 2 nitrogen and oxygen atoms in total. The Labute approximate surface area is 229 Å². The van der Waals surface area contributed by atoms with Crippen LogP contribution in [0, 0.1) is 11.3 Å². The van der Waals surface area contributed by atoms with Crippen LogP contribution in [0.25, 0.3) is 22.3 Å². The maximum absolute atomic E-state index is 11.0. The molecule has 1 saturated carbocycles. The molecule has 2 N–H and O–H groups in total. The van der Waals surface area contributed by atoms with Gasteiger partial charge in [0.05, 0.1) is 10.0 Å². The molecule has 4 aromatic carbocycles. The van der Waals surface area contributed by atoms with Crippen molar-refractivity contribution in [1.29, 1.82) is 0 Å². The Morgan fingerprint density at radius 1 is 0.676 bits per heavy atom. The Balaban J connectivity index is 1.80. The Bertz CT molecular complexity index is 1330. The highest BCUT2D eigenvalue weighted by atomic mass is 35.5. The first-order valence-electron chi connectivity index (χ1n) is 12.8. The van der Waals surface area contributed by atoms with Crippen LogP contribution in [0.3, 0.4) is 0 Å². The van der Waals surface area contributed by atoms with Crippen molar-refractivity contribution >= 4 is 23.2 Å². The van der Waals surface area contributed by atoms with Gasteiger partial charge in [-0.25, -0.2) is 0 Å². The van der Waals surface area contributed by atoms with Crippen molar-refractivity contribution in [2.24, 2.45) is 11.3 Å². The molecule has 0 aliphatic heterocycles. The van der Waals surface area contributed by atoms with Crippen molar-refractivity contribution in [2.45, 2.75) is 45.4 Å². The Hall–Kier alpha value is -2.94. The summed E-state index contributed by atoms with van der Waals surface area (Å²) in [4.78, 5) is 0. The largest absolute Gasteiger partial charge is 0.506 e. The first-order valence-corrected chi connectivity index (χ1v) is 13.5. The molecule has 1 fully saturated rings. The highest BCUT2D eigenvalue weighted by molar-refractivity contribution is 6.33. The van der Waals surface area contributed by atoms with Crippen LogP contribution in [-0.4, -0.2) is 10.2 Å². The Morgan fingerprint density at radius 2 is 1.11 bits per heavy atom. The molecule has 0 amide bonds. The van der Waals surface area contributed by atoms with Crippen LogP contribution in [0.1, 0.15) is 51.2 Å². The lowest BCUT2D eigenvalue weighted by molar-refractivity contribution is 0.127. The summed E-state index contributed by atoms with van der Waals surface area (Å²) in [5.41, 5.74) is 5.00. The Kier molecular flexibility index (Phi) is 6.77. The molecule has 5 rings (SSSR count). The van der Waals surface area contributed by atoms with Crippen LogP contribution < -0.4 is 0 Å². The SMILES string of the molecule is CC1CC(C)(C)CC(c2cc(Cl)c(O)c(-c3ccccc3)c2)(c2cc(Cl)c(O)c(-c3ccccc3)c2)C1. The molecule has 1 unspecified atom stereocenters. The lowest BCUT2D eigenvalue weighted by atomic mass is 9.55. The summed E-state index contributed by atoms with van der Waals surface area (Å²) in [7, 11) is 0. The number of halogens is 2. The number of benzene rings is 4. The molecule has 4 aromatic rings. The highest BCUT2D eigenvalue weighted by Gasteiger charge is 2.46. The first kappa shape index (κ1) is 25.7. The molecule has 0 spiro atoms. The third-order valence-electron chi connectivity index (χ3n) is 7.78. The summed E-state index contributed by atoms with van der Waals surface area (Å²) in [6.07, 6.45) is 2.90. The fourth-order valence-corrected chi connectivity index (χ4v) is 7.04. The fraction of sp³-hybridized carbons (Fsp3) is 0.273. The van der Waals surface area contributed by atoms with Crippen molar-refractivity contribution in [3.05, 3.63) is 106 Å². The molecular weight excluding hydrogens is 499 g/mol. The predicted octanol–water partition coefficient (Wildman–Crippen LogP) is 9.87. The number of aromatic hydroxyl groups is 2. The van der Waals surface area contributed by atoms with E-state index in [4.69, 9.17) is 23.2 Å². The summed E-state index contributed by atoms with van der Waals surface area (Å²) < 4.78 is 0. The number of phenolic OH excluding ortho intramolecular Hbond substituents is 2. The third kappa shape index (κ3) is 4.85. The van der Waals surface area contributed by atoms with Gasteiger partial charge in [0, 0.05) is 16.5 Å². The number of phenols is 2. The average Bonchev–Trinajstić information content (AvgIpc) is 2.87. The van der Waals surface area contributed by atoms with Gasteiger partial charge in [-0.15, -0.1) is 0 Å². The van der Waals surface area contributed by atoms with E-state index in [1.165, 1.54) is 0 Å². The van der Waals surface area contributed by atoms with Gasteiger partial charge in [0.15, 0.2) is 0 Å². The summed E-state index contributed by atoms with van der Waals surface area (Å²) in [6.45, 7) is 6.94. The van der Waals surface area contributed by atoms with E-state index < -0.39 is 5.41 Å². The van der Waals surface area contributed by atoms with Crippen LogP contribution in [-0.2, 0) is 5.41 Å². The molecule has 0 bridgehead atoms. The van der Waals surface area contributed by atoms with Gasteiger partial charge in [-0.1, -0.05) is 105 Å². The van der Waals surface area contributed by atoms with Crippen molar-refractivity contribution in [3.8, 4) is 33.8 Å². The van der Waals surface area contributed by atoms with Crippen LogP contribution >= 0.6 is 23.2 Å². The maximum Gasteiger partial charge on any atom is 0.142 e. The Morgan fingerprint density at radius 3 is 1.51 bits per heavy atom. The van der Waals surface area contributed by atoms with Gasteiger partial charge < -0.3 is 10.2 Å². The lowest BCUT2D eigenvalue weighted by Gasteiger charge is -2.49. The standard InChI is InChI=1S/C33H32Cl2O2/c1-21-18-32(2,3)20-33(19-21,24-14-26(30(36)28(34)16-24)22-10-6-4-7-11-22)25-15-27(31(37)29(35)17-25)23-12-8-5-9-13-23/h4-17,21,36-37H,18-20H2,1-3H3. The summed E-state index contributed by atoms with van der Waals surface area (Å²) in [6, 6.07) is 27.7. The summed E-state index contributed by atoms with van der Waals surface area (Å²) in [5, 5.41) is 22.6. The van der Waals surface area contributed by atoms with E-state index in [9.17, 15) is 10.2 Å². The molecule has 1 atom stereocenters. The monoisotopic (exact) mass is 530 g/mol. The molecule has 1 aliphatic rings. The van der Waals surface area contributed by atoms with E-state index in [0.717, 1.165) is 41.5 Å². The quantitative estimate of drug-likeness (QED) is 0.275. The van der Waals surface area contributed by atoms with Crippen molar-refractivity contribution in [2.75, 3.05) is 0 Å². The van der Waals surface area contributed by atoms with Gasteiger partial charge in [0.2, 0.25) is 0 Å². The van der Waals surface area contributed by atoms with Gasteiger partial charge in [-0.2, -0.15) is 0 Å². The van der Waals surface area contributed by atoms with Crippen LogP contribution in [0.4, 0.5) is 0 Å². The summed E-state index contributed by atoms with van der Waals surface area (Å²) in [5.74, 6) is 0.622. The van der Waals surface area contributed by atoms with Crippen molar-refractivity contribution in [3.63, 3.8) is 0 Å². The van der Waals surface area contributed by atoms with E-state index in [0.29, 0.717) is 27.1 Å². The first-order chi connectivity index (χ1) is 17.6. The van der Waals surface area contributed by atoms with Gasteiger partial charge in [-0.05, 0) is 77.1 Å². The van der Waals surface area contributed by atoms with Crippen LogP contribution in [0.15, 0.2) is 84.9 Å². The van der Waals surface area contributed by atoms with Gasteiger partial charge >= 0.3 is 0 Å². The van der Waals surface area contributed by atoms with E-state index in [-0.39, 0.29) is 16.9 Å². The molecule has 0 saturated heterocycles. The van der Waals surface area contributed by atoms with E-state index >= 15 is 0 Å². The second-order valence-electron chi connectivity index (χ2n) is 11.4. The lowest BCUT2D eigenvalue weighted by Crippen LogP contribution is -2.41. The van der Waals surface area contributed by atoms with E-state index in [2.05, 4.69) is 32.9 Å². The van der Waals surface area contributed by atoms with Gasteiger partial charge in [0.1, 0.15) is 11.5 Å². The minimum Gasteiger partial charge on any atom is -0.506 e. The van der Waals surface area contributed by atoms with Crippen LogP contribution in [0.2, 0.25) is 10.0 Å². The molecule has 190 valence electrons. The molecule has 0 aromatic heterocycles. The van der Waals surface area contributed by atoms with Crippen molar-refractivity contribution < 1.29 is 10.2 Å². The van der Waals surface area contributed by atoms with Crippen LogP contribution in [0.5, 0.6) is 11.5 Å². The molecule has 0 radical (unpaired) electrons. The molecule has 0 heterocycles. The highest BCUT2D eigenvalue weighted by Crippen LogP contribution is 2.56. The number of rotatable bonds is 4. The molecule has 4 heteroatoms. The second kappa shape index (κ2) is 9.74. The zero-order chi connectivity index (χ0) is 26.4. The minimum absolute atomic E-state index is 0.0617. The normalized spacial score (nSPS) is 18.5. The fourth-order valence-electron chi connectivity index (χ4n) is 6.60. The zero-order valence-corrected chi connectivity index (χ0v) is 22.9. The summed E-state index contributed by atoms with van der Waals surface area (Å²) >= 11 is 13.4.